The molecule has 0 aliphatic carbocycles. The molecule has 3 rings (SSSR count). The third-order valence-electron chi connectivity index (χ3n) is 4.98. The second-order valence-electron chi connectivity index (χ2n) is 7.14. The number of rotatable bonds is 11. The molecule has 0 aliphatic heterocycles. The smallest absolute Gasteiger partial charge is 0.395 e. The molecule has 1 aromatic carbocycles. The fraction of sp³-hybridized carbons (Fsp3) is 0.409. The molecule has 8 nitrogen and oxygen atoms in total. The quantitative estimate of drug-likeness (QED) is 0.238. The van der Waals surface area contributed by atoms with E-state index in [0.717, 1.165) is 16.6 Å². The minimum atomic E-state index is -0.629. The van der Waals surface area contributed by atoms with Gasteiger partial charge in [0.05, 0.1) is 38.7 Å². The van der Waals surface area contributed by atoms with Gasteiger partial charge in [-0.2, -0.15) is 17.7 Å². The standard InChI is InChI=1S/C21H27ClN4O3S.CH3BN.Na/c1-25(17(10-27)18(28)12-30-2)8-16-9-26(20-19(16)23-13-24-21(20)22)14-29-11-15-6-4-3-5-7-15;2-1-3;/h3-7,9,13,17-18,27-28H,8,10-12,14H2,1-2H3;2H3;/q;-1;+1/t17-,18-;;/m1../s1. The number of hydrogen-bond donors (Lipinski definition) is 2. The molecule has 0 amide bonds. The van der Waals surface area contributed by atoms with Crippen molar-refractivity contribution in [3.8, 4) is 5.97 Å². The van der Waals surface area contributed by atoms with Crippen LogP contribution in [0.5, 0.6) is 0 Å². The van der Waals surface area contributed by atoms with E-state index in [1.807, 2.05) is 65.3 Å². The zero-order valence-electron chi connectivity index (χ0n) is 19.1. The van der Waals surface area contributed by atoms with E-state index < -0.39 is 6.10 Å². The van der Waals surface area contributed by atoms with Crippen LogP contribution in [0, 0.1) is 11.2 Å². The van der Waals surface area contributed by atoms with Gasteiger partial charge in [0.25, 0.3) is 0 Å². The number of nitriles is 1. The maximum Gasteiger partial charge on any atom is 1.00 e. The number of aliphatic hydroxyl groups excluding tert-OH is 2. The summed E-state index contributed by atoms with van der Waals surface area (Å²) in [5, 5.41) is 27.9. The van der Waals surface area contributed by atoms with E-state index in [2.05, 4.69) is 9.97 Å². The minimum absolute atomic E-state index is 0. The Kier molecular flexibility index (Phi) is 15.0. The molecule has 2 N–H and O–H groups in total. The van der Waals surface area contributed by atoms with Crippen LogP contribution in [0.25, 0.3) is 11.0 Å². The molecule has 178 valence electrons. The third-order valence-corrected chi connectivity index (χ3v) is 5.93. The molecule has 2 atom stereocenters. The van der Waals surface area contributed by atoms with E-state index in [4.69, 9.17) is 21.6 Å². The Labute approximate surface area is 233 Å². The van der Waals surface area contributed by atoms with Crippen molar-refractivity contribution in [3.63, 3.8) is 0 Å². The fourth-order valence-electron chi connectivity index (χ4n) is 3.44. The van der Waals surface area contributed by atoms with Crippen LogP contribution in [-0.2, 0) is 24.6 Å². The van der Waals surface area contributed by atoms with Crippen molar-refractivity contribution in [2.24, 2.45) is 0 Å². The van der Waals surface area contributed by atoms with E-state index in [9.17, 15) is 10.2 Å². The maximum absolute atomic E-state index is 10.3. The Balaban J connectivity index is 0.00000137. The number of benzene rings is 1. The molecule has 2 heterocycles. The first-order chi connectivity index (χ1) is 16.0. The Bertz CT molecular complexity index is 1040. The summed E-state index contributed by atoms with van der Waals surface area (Å²) >= 11 is 7.91. The Morgan fingerprint density at radius 2 is 2.00 bits per heavy atom. The normalized spacial score (nSPS) is 12.4. The van der Waals surface area contributed by atoms with Crippen LogP contribution in [-0.4, -0.2) is 75.3 Å². The predicted molar refractivity (Wildman–Crippen MR) is 136 cm³/mol. The van der Waals surface area contributed by atoms with Crippen LogP contribution in [0.3, 0.4) is 0 Å². The SMILES string of the molecule is CSC[C@@H](O)[C@@H](CO)N(C)Cc1cn(COCc2ccccc2)c2c(Cl)ncnc12.[BH3-]C#N.[Na+]. The monoisotopic (exact) mass is 513 g/mol. The van der Waals surface area contributed by atoms with Crippen LogP contribution >= 0.6 is 23.4 Å². The molecule has 0 spiro atoms. The van der Waals surface area contributed by atoms with Gasteiger partial charge in [-0.15, -0.1) is 0 Å². The number of aromatic nitrogens is 3. The molecule has 0 fully saturated rings. The largest absolute Gasteiger partial charge is 1.00 e. The van der Waals surface area contributed by atoms with Gasteiger partial charge < -0.3 is 19.5 Å². The van der Waals surface area contributed by atoms with Gasteiger partial charge >= 0.3 is 29.6 Å². The Morgan fingerprint density at radius 1 is 1.32 bits per heavy atom. The number of fused-ring (bicyclic) bond motifs is 1. The summed E-state index contributed by atoms with van der Waals surface area (Å²) in [5.74, 6) is 2.55. The van der Waals surface area contributed by atoms with Crippen LogP contribution < -0.4 is 29.6 Å². The Hall–Kier alpha value is -1.13. The molecule has 0 bridgehead atoms. The fourth-order valence-corrected chi connectivity index (χ4v) is 4.24. The topological polar surface area (TPSA) is 107 Å². The van der Waals surface area contributed by atoms with Gasteiger partial charge in [0.2, 0.25) is 0 Å². The number of ether oxygens (including phenoxy) is 1. The predicted octanol–water partition coefficient (Wildman–Crippen LogP) is -1.39. The minimum Gasteiger partial charge on any atom is -0.395 e. The second-order valence-corrected chi connectivity index (χ2v) is 8.41. The summed E-state index contributed by atoms with van der Waals surface area (Å²) in [4.78, 5) is 10.5. The zero-order valence-corrected chi connectivity index (χ0v) is 22.6. The molecular formula is C22H30BClN5NaO3S. The summed E-state index contributed by atoms with van der Waals surface area (Å²) in [6, 6.07) is 9.58. The van der Waals surface area contributed by atoms with Gasteiger partial charge in [0, 0.05) is 24.1 Å². The second kappa shape index (κ2) is 16.5. The van der Waals surface area contributed by atoms with Crippen molar-refractivity contribution >= 4 is 42.2 Å². The Morgan fingerprint density at radius 3 is 2.62 bits per heavy atom. The molecular weight excluding hydrogens is 484 g/mol. The van der Waals surface area contributed by atoms with Gasteiger partial charge in [0.15, 0.2) is 5.15 Å². The van der Waals surface area contributed by atoms with Gasteiger partial charge in [-0.3, -0.25) is 10.2 Å². The molecule has 0 saturated carbocycles. The van der Waals surface area contributed by atoms with E-state index in [1.54, 1.807) is 11.8 Å². The molecule has 0 aliphatic rings. The summed E-state index contributed by atoms with van der Waals surface area (Å²) in [5.41, 5.74) is 3.46. The van der Waals surface area contributed by atoms with Crippen molar-refractivity contribution < 1.29 is 44.5 Å². The number of thioether (sulfide) groups is 1. The number of likely N-dealkylation sites (N-methyl/N-ethyl adjacent to an activating group) is 1. The molecule has 34 heavy (non-hydrogen) atoms. The zero-order chi connectivity index (χ0) is 24.2. The van der Waals surface area contributed by atoms with Gasteiger partial charge in [-0.05, 0) is 18.9 Å². The van der Waals surface area contributed by atoms with Gasteiger partial charge in [-0.25, -0.2) is 9.97 Å². The average Bonchev–Trinajstić information content (AvgIpc) is 3.14. The average molecular weight is 514 g/mol. The summed E-state index contributed by atoms with van der Waals surface area (Å²) in [6.45, 7) is 1.15. The maximum atomic E-state index is 10.3. The van der Waals surface area contributed by atoms with E-state index >= 15 is 0 Å². The first kappa shape index (κ1) is 30.9. The summed E-state index contributed by atoms with van der Waals surface area (Å²) in [7, 11) is 1.95. The van der Waals surface area contributed by atoms with Crippen molar-refractivity contribution in [2.75, 3.05) is 25.7 Å². The van der Waals surface area contributed by atoms with Crippen molar-refractivity contribution in [2.45, 2.75) is 32.0 Å². The van der Waals surface area contributed by atoms with Gasteiger partial charge in [-0.1, -0.05) is 41.9 Å². The van der Waals surface area contributed by atoms with E-state index in [-0.39, 0.29) is 50.1 Å². The first-order valence-corrected chi connectivity index (χ1v) is 11.6. The molecule has 12 heteroatoms. The van der Waals surface area contributed by atoms with Crippen LogP contribution in [0.15, 0.2) is 42.9 Å². The molecule has 0 radical (unpaired) electrons. The first-order valence-electron chi connectivity index (χ1n) is 9.85. The molecule has 0 unspecified atom stereocenters. The van der Waals surface area contributed by atoms with Crippen LogP contribution in [0.4, 0.5) is 0 Å². The molecule has 3 aromatic rings. The van der Waals surface area contributed by atoms with Crippen molar-refractivity contribution in [3.05, 3.63) is 59.1 Å². The van der Waals surface area contributed by atoms with E-state index in [1.165, 1.54) is 6.33 Å². The summed E-state index contributed by atoms with van der Waals surface area (Å²) in [6.07, 6.45) is 4.69. The molecule has 0 saturated heterocycles. The summed E-state index contributed by atoms with van der Waals surface area (Å²) < 4.78 is 7.78. The number of aliphatic hydroxyl groups is 2. The van der Waals surface area contributed by atoms with Crippen molar-refractivity contribution in [1.29, 1.82) is 5.26 Å². The number of halogens is 1. The van der Waals surface area contributed by atoms with Crippen molar-refractivity contribution in [1.82, 2.24) is 19.4 Å². The van der Waals surface area contributed by atoms with Crippen LogP contribution in [0.1, 0.15) is 11.1 Å². The third kappa shape index (κ3) is 8.83. The van der Waals surface area contributed by atoms with Crippen LogP contribution in [0.2, 0.25) is 5.15 Å². The number of nitrogens with zero attached hydrogens (tertiary/aromatic N) is 5. The van der Waals surface area contributed by atoms with Gasteiger partial charge in [0.1, 0.15) is 18.6 Å². The van der Waals surface area contributed by atoms with E-state index in [0.29, 0.717) is 36.3 Å². The number of hydrogen-bond acceptors (Lipinski definition) is 8. The molecule has 2 aromatic heterocycles.